The van der Waals surface area contributed by atoms with Gasteiger partial charge in [-0.15, -0.1) is 11.3 Å². The molecule has 1 heterocycles. The van der Waals surface area contributed by atoms with E-state index in [0.717, 1.165) is 0 Å². The van der Waals surface area contributed by atoms with Crippen LogP contribution in [0, 0.1) is 6.92 Å². The van der Waals surface area contributed by atoms with Crippen LogP contribution < -0.4 is 0 Å². The fraction of sp³-hybridized carbons (Fsp3) is 0.120. The molecule has 0 aliphatic rings. The molecule has 5 rings (SSSR count). The number of hydrogen-bond acceptors (Lipinski definition) is 1. The number of thiophene rings is 1. The number of aryl methyl sites for hydroxylation is 1. The van der Waals surface area contributed by atoms with E-state index in [1.807, 2.05) is 25.2 Å². The van der Waals surface area contributed by atoms with Gasteiger partial charge < -0.3 is 0 Å². The van der Waals surface area contributed by atoms with Gasteiger partial charge in [0.15, 0.2) is 0 Å². The zero-order valence-electron chi connectivity index (χ0n) is 15.6. The molecule has 0 saturated carbocycles. The van der Waals surface area contributed by atoms with Crippen LogP contribution >= 0.6 is 11.3 Å². The van der Waals surface area contributed by atoms with Crippen molar-refractivity contribution in [3.8, 4) is 0 Å². The highest BCUT2D eigenvalue weighted by Gasteiger charge is 2.01. The summed E-state index contributed by atoms with van der Waals surface area (Å²) in [5.41, 5.74) is 1.35. The van der Waals surface area contributed by atoms with Crippen LogP contribution in [0.5, 0.6) is 0 Å². The van der Waals surface area contributed by atoms with E-state index in [9.17, 15) is 0 Å². The van der Waals surface area contributed by atoms with Gasteiger partial charge in [-0.25, -0.2) is 0 Å². The Balaban J connectivity index is 0.000000140. The molecular formula is C25H24S. The van der Waals surface area contributed by atoms with Crippen molar-refractivity contribution in [3.05, 3.63) is 96.6 Å². The van der Waals surface area contributed by atoms with Gasteiger partial charge in [-0.2, -0.15) is 0 Å². The third-order valence-electron chi connectivity index (χ3n) is 4.29. The quantitative estimate of drug-likeness (QED) is 0.262. The first kappa shape index (κ1) is 18.2. The third kappa shape index (κ3) is 3.79. The first-order valence-electron chi connectivity index (χ1n) is 9.13. The average Bonchev–Trinajstić information content (AvgIpc) is 3.09. The van der Waals surface area contributed by atoms with Gasteiger partial charge in [-0.1, -0.05) is 92.7 Å². The van der Waals surface area contributed by atoms with Gasteiger partial charge in [-0.05, 0) is 35.4 Å². The van der Waals surface area contributed by atoms with Crippen LogP contribution in [0.4, 0.5) is 0 Å². The number of hydrogen-bond donors (Lipinski definition) is 0. The number of fused-ring (bicyclic) bond motifs is 4. The van der Waals surface area contributed by atoms with Crippen LogP contribution in [-0.4, -0.2) is 0 Å². The molecule has 1 heteroatoms. The molecule has 26 heavy (non-hydrogen) atoms. The lowest BCUT2D eigenvalue weighted by atomic mass is 10.1. The van der Waals surface area contributed by atoms with Crippen molar-refractivity contribution in [1.82, 2.24) is 0 Å². The van der Waals surface area contributed by atoms with Gasteiger partial charge in [-0.3, -0.25) is 0 Å². The molecule has 0 fully saturated rings. The van der Waals surface area contributed by atoms with Crippen molar-refractivity contribution in [2.75, 3.05) is 0 Å². The highest BCUT2D eigenvalue weighted by Crippen LogP contribution is 2.32. The van der Waals surface area contributed by atoms with Crippen molar-refractivity contribution in [1.29, 1.82) is 0 Å². The van der Waals surface area contributed by atoms with Crippen molar-refractivity contribution < 1.29 is 0 Å². The lowest BCUT2D eigenvalue weighted by molar-refractivity contribution is 1.50. The van der Waals surface area contributed by atoms with Crippen molar-refractivity contribution in [3.63, 3.8) is 0 Å². The Morgan fingerprint density at radius 1 is 0.500 bits per heavy atom. The monoisotopic (exact) mass is 356 g/mol. The van der Waals surface area contributed by atoms with Crippen molar-refractivity contribution in [2.45, 2.75) is 20.8 Å². The highest BCUT2D eigenvalue weighted by molar-refractivity contribution is 7.25. The topological polar surface area (TPSA) is 0 Å². The molecule has 0 aliphatic carbocycles. The minimum absolute atomic E-state index is 1.33. The normalized spacial score (nSPS) is 10.1. The zero-order chi connectivity index (χ0) is 18.4. The second-order valence-electron chi connectivity index (χ2n) is 5.89. The summed E-state index contributed by atoms with van der Waals surface area (Å²) in [5.74, 6) is 0. The first-order chi connectivity index (χ1) is 12.8. The molecule has 0 atom stereocenters. The second-order valence-corrected chi connectivity index (χ2v) is 6.97. The molecule has 4 aromatic carbocycles. The molecule has 0 amide bonds. The van der Waals surface area contributed by atoms with Gasteiger partial charge >= 0.3 is 0 Å². The SMILES string of the molecule is CC.Cc1cccc2ccccc12.c1ccc2c(c1)sc1ccccc12. The summed E-state index contributed by atoms with van der Waals surface area (Å²) in [7, 11) is 0. The Labute approximate surface area is 159 Å². The Morgan fingerprint density at radius 2 is 0.962 bits per heavy atom. The Kier molecular flexibility index (Phi) is 6.04. The number of benzene rings is 4. The maximum absolute atomic E-state index is 2.19. The summed E-state index contributed by atoms with van der Waals surface area (Å²) in [5, 5.41) is 5.44. The Hall–Kier alpha value is -2.64. The van der Waals surface area contributed by atoms with Crippen LogP contribution in [0.25, 0.3) is 30.9 Å². The van der Waals surface area contributed by atoms with E-state index in [1.165, 1.54) is 36.5 Å². The largest absolute Gasteiger partial charge is 0.135 e. The molecule has 5 aromatic rings. The molecule has 0 saturated heterocycles. The maximum Gasteiger partial charge on any atom is 0.0355 e. The lowest BCUT2D eigenvalue weighted by Gasteiger charge is -1.98. The van der Waals surface area contributed by atoms with Gasteiger partial charge in [0, 0.05) is 20.2 Å². The predicted molar refractivity (Wildman–Crippen MR) is 119 cm³/mol. The molecular weight excluding hydrogens is 332 g/mol. The first-order valence-corrected chi connectivity index (χ1v) is 9.95. The summed E-state index contributed by atoms with van der Waals surface area (Å²) < 4.78 is 2.76. The van der Waals surface area contributed by atoms with E-state index in [0.29, 0.717) is 0 Å². The summed E-state index contributed by atoms with van der Waals surface area (Å²) >= 11 is 1.86. The third-order valence-corrected chi connectivity index (χ3v) is 5.44. The standard InChI is InChI=1S/C12H8S.C11H10.C2H6/c1-3-7-11-9(5-1)10-6-2-4-8-12(10)13-11;1-9-5-4-7-10-6-2-3-8-11(9)10;1-2/h1-8H;2-8H,1H3;1-2H3. The van der Waals surface area contributed by atoms with E-state index in [2.05, 4.69) is 97.9 Å². The van der Waals surface area contributed by atoms with E-state index in [-0.39, 0.29) is 0 Å². The lowest BCUT2D eigenvalue weighted by Crippen LogP contribution is -1.75. The molecule has 0 N–H and O–H groups in total. The van der Waals surface area contributed by atoms with Gasteiger partial charge in [0.05, 0.1) is 0 Å². The fourth-order valence-electron chi connectivity index (χ4n) is 3.06. The zero-order valence-corrected chi connectivity index (χ0v) is 16.4. The molecule has 0 unspecified atom stereocenters. The molecule has 0 spiro atoms. The molecule has 0 bridgehead atoms. The van der Waals surface area contributed by atoms with Crippen molar-refractivity contribution in [2.24, 2.45) is 0 Å². The van der Waals surface area contributed by atoms with Crippen LogP contribution in [0.1, 0.15) is 19.4 Å². The van der Waals surface area contributed by atoms with E-state index < -0.39 is 0 Å². The molecule has 0 aliphatic heterocycles. The van der Waals surface area contributed by atoms with E-state index in [1.54, 1.807) is 0 Å². The van der Waals surface area contributed by atoms with Crippen LogP contribution in [0.2, 0.25) is 0 Å². The number of rotatable bonds is 0. The fourth-order valence-corrected chi connectivity index (χ4v) is 4.17. The van der Waals surface area contributed by atoms with Gasteiger partial charge in [0.2, 0.25) is 0 Å². The molecule has 0 nitrogen and oxygen atoms in total. The summed E-state index contributed by atoms with van der Waals surface area (Å²) in [4.78, 5) is 0. The summed E-state index contributed by atoms with van der Waals surface area (Å²) in [6.45, 7) is 6.14. The van der Waals surface area contributed by atoms with E-state index in [4.69, 9.17) is 0 Å². The maximum atomic E-state index is 2.19. The molecule has 130 valence electrons. The van der Waals surface area contributed by atoms with Crippen LogP contribution in [-0.2, 0) is 0 Å². The Bertz CT molecular complexity index is 1060. The molecule has 1 aromatic heterocycles. The Morgan fingerprint density at radius 3 is 1.54 bits per heavy atom. The minimum Gasteiger partial charge on any atom is -0.135 e. The predicted octanol–water partition coefficient (Wildman–Crippen LogP) is 8.23. The smallest absolute Gasteiger partial charge is 0.0355 e. The van der Waals surface area contributed by atoms with E-state index >= 15 is 0 Å². The average molecular weight is 357 g/mol. The minimum atomic E-state index is 1.33. The van der Waals surface area contributed by atoms with Crippen LogP contribution in [0.3, 0.4) is 0 Å². The van der Waals surface area contributed by atoms with Crippen LogP contribution in [0.15, 0.2) is 91.0 Å². The highest BCUT2D eigenvalue weighted by atomic mass is 32.1. The molecule has 0 radical (unpaired) electrons. The second kappa shape index (κ2) is 8.64. The van der Waals surface area contributed by atoms with Gasteiger partial charge in [0.1, 0.15) is 0 Å². The summed E-state index contributed by atoms with van der Waals surface area (Å²) in [6, 6.07) is 32.0. The van der Waals surface area contributed by atoms with Crippen molar-refractivity contribution >= 4 is 42.3 Å². The summed E-state index contributed by atoms with van der Waals surface area (Å²) in [6.07, 6.45) is 0. The van der Waals surface area contributed by atoms with Gasteiger partial charge in [0.25, 0.3) is 0 Å².